The summed E-state index contributed by atoms with van der Waals surface area (Å²) in [5.41, 5.74) is 9.87. The number of carbonyl (C=O) groups excluding carboxylic acids is 1. The van der Waals surface area contributed by atoms with Gasteiger partial charge in [0, 0.05) is 42.8 Å². The molecule has 0 spiro atoms. The Morgan fingerprint density at radius 3 is 2.97 bits per heavy atom. The number of nitrogens with two attached hydrogens (primary N) is 1. The number of piperidine rings is 1. The van der Waals surface area contributed by atoms with Crippen LogP contribution in [0.15, 0.2) is 49.4 Å². The summed E-state index contributed by atoms with van der Waals surface area (Å²) in [6, 6.07) is 8.22. The van der Waals surface area contributed by atoms with Crippen LogP contribution >= 0.6 is 0 Å². The fourth-order valence-electron chi connectivity index (χ4n) is 4.45. The molecule has 3 aromatic heterocycles. The molecule has 4 aromatic rings. The summed E-state index contributed by atoms with van der Waals surface area (Å²) in [5.74, 6) is 0.351. The molecule has 152 valence electrons. The molecule has 4 heterocycles. The van der Waals surface area contributed by atoms with Crippen molar-refractivity contribution < 1.29 is 4.79 Å². The highest BCUT2D eigenvalue weighted by molar-refractivity contribution is 6.05. The van der Waals surface area contributed by atoms with Crippen LogP contribution in [0.1, 0.15) is 18.9 Å². The maximum Gasteiger partial charge on any atom is 0.246 e. The number of rotatable bonds is 3. The molecule has 0 radical (unpaired) electrons. The molecule has 2 N–H and O–H groups in total. The molecule has 1 aliphatic heterocycles. The highest BCUT2D eigenvalue weighted by atomic mass is 16.2. The smallest absolute Gasteiger partial charge is 0.246 e. The van der Waals surface area contributed by atoms with Crippen LogP contribution in [0.5, 0.6) is 0 Å². The van der Waals surface area contributed by atoms with E-state index >= 15 is 0 Å². The van der Waals surface area contributed by atoms with Crippen molar-refractivity contribution in [1.29, 1.82) is 0 Å². The number of hydrogen-bond donors (Lipinski definition) is 1. The summed E-state index contributed by atoms with van der Waals surface area (Å²) in [6.45, 7) is 4.92. The van der Waals surface area contributed by atoms with Crippen LogP contribution in [0.2, 0.25) is 0 Å². The van der Waals surface area contributed by atoms with Gasteiger partial charge in [-0.05, 0) is 25.0 Å². The first-order valence-electron chi connectivity index (χ1n) is 10.0. The van der Waals surface area contributed by atoms with Crippen molar-refractivity contribution in [3.63, 3.8) is 0 Å². The first-order valence-corrected chi connectivity index (χ1v) is 10.0. The number of anilines is 1. The quantitative estimate of drug-likeness (QED) is 0.533. The third kappa shape index (κ3) is 2.75. The molecule has 30 heavy (non-hydrogen) atoms. The average Bonchev–Trinajstić information content (AvgIpc) is 3.32. The van der Waals surface area contributed by atoms with Crippen LogP contribution in [0.3, 0.4) is 0 Å². The van der Waals surface area contributed by atoms with Gasteiger partial charge in [0.25, 0.3) is 0 Å². The molecule has 1 amide bonds. The molecule has 0 aliphatic carbocycles. The van der Waals surface area contributed by atoms with Crippen molar-refractivity contribution in [3.05, 3.63) is 49.4 Å². The third-order valence-electron chi connectivity index (χ3n) is 5.90. The number of nitrogens with zero attached hydrogens (tertiary/aromatic N) is 6. The van der Waals surface area contributed by atoms with Gasteiger partial charge in [-0.3, -0.25) is 4.79 Å². The molecule has 1 atom stereocenters. The summed E-state index contributed by atoms with van der Waals surface area (Å²) in [5, 5.41) is 6.83. The Morgan fingerprint density at radius 2 is 2.13 bits per heavy atom. The fourth-order valence-corrected chi connectivity index (χ4v) is 4.45. The number of hydrogen-bond acceptors (Lipinski definition) is 5. The number of carbonyl (C=O) groups is 1. The lowest BCUT2D eigenvalue weighted by atomic mass is 10.1. The first kappa shape index (κ1) is 18.4. The molecule has 1 fully saturated rings. The number of amides is 1. The van der Waals surface area contributed by atoms with Gasteiger partial charge in [0.1, 0.15) is 17.8 Å². The van der Waals surface area contributed by atoms with Gasteiger partial charge < -0.3 is 15.2 Å². The number of aryl methyl sites for hydroxylation is 1. The van der Waals surface area contributed by atoms with Crippen LogP contribution in [0.4, 0.5) is 5.82 Å². The van der Waals surface area contributed by atoms with Gasteiger partial charge in [0.05, 0.1) is 11.4 Å². The molecule has 0 bridgehead atoms. The summed E-state index contributed by atoms with van der Waals surface area (Å²) in [7, 11) is 2.02. The van der Waals surface area contributed by atoms with E-state index in [0.717, 1.165) is 46.9 Å². The summed E-state index contributed by atoms with van der Waals surface area (Å²) in [4.78, 5) is 22.7. The Hall–Kier alpha value is -3.68. The van der Waals surface area contributed by atoms with E-state index in [0.29, 0.717) is 18.0 Å². The van der Waals surface area contributed by atoms with E-state index < -0.39 is 0 Å². The van der Waals surface area contributed by atoms with Gasteiger partial charge in [-0.1, -0.05) is 24.8 Å². The maximum atomic E-state index is 12.2. The van der Waals surface area contributed by atoms with E-state index in [1.807, 2.05) is 28.8 Å². The number of nitrogen functional groups attached to an aromatic ring is 1. The van der Waals surface area contributed by atoms with Crippen LogP contribution in [-0.4, -0.2) is 48.2 Å². The van der Waals surface area contributed by atoms with E-state index in [1.54, 1.807) is 0 Å². The lowest BCUT2D eigenvalue weighted by Gasteiger charge is -2.32. The Kier molecular flexibility index (Phi) is 4.27. The Bertz CT molecular complexity index is 1290. The number of fused-ring (bicyclic) bond motifs is 2. The van der Waals surface area contributed by atoms with Gasteiger partial charge in [0.15, 0.2) is 5.65 Å². The fraction of sp³-hybridized carbons (Fsp3) is 0.273. The maximum absolute atomic E-state index is 12.2. The van der Waals surface area contributed by atoms with Gasteiger partial charge in [-0.2, -0.15) is 5.10 Å². The zero-order chi connectivity index (χ0) is 20.8. The molecule has 1 aliphatic rings. The monoisotopic (exact) mass is 401 g/mol. The standard InChI is InChI=1S/C22H23N7O/c1-3-18(30)28-10-6-7-14(11-28)29-22-19(21(23)24-13-25-22)20(26-29)16-12-27(2)17-9-5-4-8-15(16)17/h3-5,8-9,12-14H,1,6-7,10-11H2,2H3,(H2,23,24,25)/t14-/m1/s1. The van der Waals surface area contributed by atoms with E-state index in [2.05, 4.69) is 39.4 Å². The highest BCUT2D eigenvalue weighted by Gasteiger charge is 2.28. The van der Waals surface area contributed by atoms with Gasteiger partial charge in [-0.15, -0.1) is 0 Å². The van der Waals surface area contributed by atoms with Crippen molar-refractivity contribution in [2.45, 2.75) is 18.9 Å². The van der Waals surface area contributed by atoms with Crippen molar-refractivity contribution in [2.75, 3.05) is 18.8 Å². The van der Waals surface area contributed by atoms with Crippen LogP contribution in [0, 0.1) is 0 Å². The number of aromatic nitrogens is 5. The van der Waals surface area contributed by atoms with Crippen molar-refractivity contribution in [1.82, 2.24) is 29.2 Å². The second-order valence-electron chi connectivity index (χ2n) is 7.71. The zero-order valence-corrected chi connectivity index (χ0v) is 16.8. The van der Waals surface area contributed by atoms with E-state index in [1.165, 1.54) is 12.4 Å². The van der Waals surface area contributed by atoms with E-state index in [9.17, 15) is 4.79 Å². The minimum Gasteiger partial charge on any atom is -0.383 e. The minimum atomic E-state index is -0.0559. The Morgan fingerprint density at radius 1 is 1.30 bits per heavy atom. The average molecular weight is 401 g/mol. The number of para-hydroxylation sites is 1. The van der Waals surface area contributed by atoms with Crippen molar-refractivity contribution >= 4 is 33.7 Å². The zero-order valence-electron chi connectivity index (χ0n) is 16.8. The lowest BCUT2D eigenvalue weighted by Crippen LogP contribution is -2.40. The van der Waals surface area contributed by atoms with E-state index in [4.69, 9.17) is 10.8 Å². The Balaban J connectivity index is 1.70. The topological polar surface area (TPSA) is 94.9 Å². The Labute approximate surface area is 173 Å². The van der Waals surface area contributed by atoms with Gasteiger partial charge >= 0.3 is 0 Å². The number of benzene rings is 1. The molecule has 8 heteroatoms. The molecule has 5 rings (SSSR count). The normalized spacial score (nSPS) is 17.0. The summed E-state index contributed by atoms with van der Waals surface area (Å²) < 4.78 is 4.01. The molecule has 1 saturated heterocycles. The third-order valence-corrected chi connectivity index (χ3v) is 5.90. The summed E-state index contributed by atoms with van der Waals surface area (Å²) in [6.07, 6.45) is 6.72. The summed E-state index contributed by atoms with van der Waals surface area (Å²) >= 11 is 0. The second kappa shape index (κ2) is 6.98. The molecular weight excluding hydrogens is 378 g/mol. The second-order valence-corrected chi connectivity index (χ2v) is 7.71. The van der Waals surface area contributed by atoms with Gasteiger partial charge in [0.2, 0.25) is 5.91 Å². The SMILES string of the molecule is C=CC(=O)N1CCC[C@@H](n2nc(-c3cn(C)c4ccccc34)c3c(N)ncnc32)C1. The van der Waals surface area contributed by atoms with Crippen molar-refractivity contribution in [3.8, 4) is 11.3 Å². The molecule has 0 unspecified atom stereocenters. The predicted molar refractivity (Wildman–Crippen MR) is 117 cm³/mol. The van der Waals surface area contributed by atoms with Crippen LogP contribution < -0.4 is 5.73 Å². The molecule has 0 saturated carbocycles. The first-order chi connectivity index (χ1) is 14.6. The van der Waals surface area contributed by atoms with Crippen molar-refractivity contribution in [2.24, 2.45) is 7.05 Å². The molecular formula is C22H23N7O. The van der Waals surface area contributed by atoms with Crippen LogP contribution in [0.25, 0.3) is 33.2 Å². The van der Waals surface area contributed by atoms with E-state index in [-0.39, 0.29) is 11.9 Å². The van der Waals surface area contributed by atoms with Gasteiger partial charge in [-0.25, -0.2) is 14.6 Å². The molecule has 8 nitrogen and oxygen atoms in total. The van der Waals surface area contributed by atoms with Crippen LogP contribution in [-0.2, 0) is 11.8 Å². The highest BCUT2D eigenvalue weighted by Crippen LogP contribution is 2.37. The predicted octanol–water partition coefficient (Wildman–Crippen LogP) is 2.92. The number of likely N-dealkylation sites (tertiary alicyclic amines) is 1. The lowest BCUT2D eigenvalue weighted by molar-refractivity contribution is -0.127. The largest absolute Gasteiger partial charge is 0.383 e. The minimum absolute atomic E-state index is 0.0168. The molecule has 1 aromatic carbocycles.